The van der Waals surface area contributed by atoms with Crippen molar-refractivity contribution >= 4 is 11.9 Å². The highest BCUT2D eigenvalue weighted by Crippen LogP contribution is 1.85. The van der Waals surface area contributed by atoms with Gasteiger partial charge in [0.2, 0.25) is 5.91 Å². The van der Waals surface area contributed by atoms with Crippen LogP contribution in [0.4, 0.5) is 0 Å². The molecular weight excluding hydrogens is 146 g/mol. The lowest BCUT2D eigenvalue weighted by Crippen LogP contribution is -2.24. The zero-order chi connectivity index (χ0) is 8.85. The molecule has 1 N–H and O–H groups in total. The third-order valence-electron chi connectivity index (χ3n) is 1.22. The van der Waals surface area contributed by atoms with Crippen molar-refractivity contribution < 1.29 is 14.7 Å². The minimum Gasteiger partial charge on any atom is -0.478 e. The Morgan fingerprint density at radius 2 is 2.00 bits per heavy atom. The highest BCUT2D eigenvalue weighted by atomic mass is 16.4. The molecule has 0 saturated heterocycles. The van der Waals surface area contributed by atoms with E-state index in [1.54, 1.807) is 7.05 Å². The largest absolute Gasteiger partial charge is 0.478 e. The highest BCUT2D eigenvalue weighted by Gasteiger charge is 2.00. The molecule has 0 spiro atoms. The molecule has 0 fully saturated rings. The van der Waals surface area contributed by atoms with Crippen molar-refractivity contribution in [1.82, 2.24) is 4.90 Å². The summed E-state index contributed by atoms with van der Waals surface area (Å²) in [6.07, 6.45) is 1.86. The van der Waals surface area contributed by atoms with E-state index in [-0.39, 0.29) is 5.91 Å². The van der Waals surface area contributed by atoms with Crippen LogP contribution in [-0.2, 0) is 9.59 Å². The Balaban J connectivity index is 3.96. The van der Waals surface area contributed by atoms with Gasteiger partial charge in [-0.15, -0.1) is 0 Å². The zero-order valence-corrected chi connectivity index (χ0v) is 6.57. The molecule has 11 heavy (non-hydrogen) atoms. The van der Waals surface area contributed by atoms with Crippen LogP contribution in [0.15, 0.2) is 12.2 Å². The van der Waals surface area contributed by atoms with Crippen LogP contribution in [0.2, 0.25) is 0 Å². The second-order valence-electron chi connectivity index (χ2n) is 2.02. The van der Waals surface area contributed by atoms with E-state index in [1.165, 1.54) is 4.90 Å². The summed E-state index contributed by atoms with van der Waals surface area (Å²) in [5, 5.41) is 8.16. The Bertz CT molecular complexity index is 186. The number of carbonyl (C=O) groups excluding carboxylic acids is 1. The smallest absolute Gasteiger partial charge is 0.328 e. The van der Waals surface area contributed by atoms with Gasteiger partial charge >= 0.3 is 5.97 Å². The van der Waals surface area contributed by atoms with E-state index in [4.69, 9.17) is 5.11 Å². The van der Waals surface area contributed by atoms with Crippen LogP contribution in [-0.4, -0.2) is 35.5 Å². The van der Waals surface area contributed by atoms with Gasteiger partial charge in [-0.05, 0) is 6.92 Å². The topological polar surface area (TPSA) is 57.6 Å². The van der Waals surface area contributed by atoms with Crippen LogP contribution in [0.1, 0.15) is 6.92 Å². The quantitative estimate of drug-likeness (QED) is 0.591. The van der Waals surface area contributed by atoms with Crippen molar-refractivity contribution in [3.05, 3.63) is 12.2 Å². The fourth-order valence-electron chi connectivity index (χ4n) is 0.426. The molecule has 0 aliphatic heterocycles. The molecule has 62 valence electrons. The molecule has 4 nitrogen and oxygen atoms in total. The molecular formula is C7H11NO3. The van der Waals surface area contributed by atoms with Crippen molar-refractivity contribution in [3.63, 3.8) is 0 Å². The van der Waals surface area contributed by atoms with Gasteiger partial charge in [-0.2, -0.15) is 0 Å². The average Bonchev–Trinajstić information content (AvgIpc) is 1.98. The zero-order valence-electron chi connectivity index (χ0n) is 6.57. The summed E-state index contributed by atoms with van der Waals surface area (Å²) in [4.78, 5) is 22.2. The summed E-state index contributed by atoms with van der Waals surface area (Å²) < 4.78 is 0. The first kappa shape index (κ1) is 9.68. The molecule has 0 saturated carbocycles. The van der Waals surface area contributed by atoms with Crippen molar-refractivity contribution in [2.45, 2.75) is 6.92 Å². The molecule has 0 aromatic carbocycles. The molecule has 0 aromatic rings. The summed E-state index contributed by atoms with van der Waals surface area (Å²) in [7, 11) is 1.61. The Kier molecular flexibility index (Phi) is 3.95. The van der Waals surface area contributed by atoms with Crippen molar-refractivity contribution in [2.24, 2.45) is 0 Å². The van der Waals surface area contributed by atoms with E-state index in [1.807, 2.05) is 6.92 Å². The summed E-state index contributed by atoms with van der Waals surface area (Å²) in [6, 6.07) is 0. The first-order chi connectivity index (χ1) is 5.07. The predicted molar refractivity (Wildman–Crippen MR) is 40.1 cm³/mol. The first-order valence-electron chi connectivity index (χ1n) is 3.24. The van der Waals surface area contributed by atoms with Gasteiger partial charge < -0.3 is 10.0 Å². The Morgan fingerprint density at radius 1 is 1.45 bits per heavy atom. The molecule has 0 bridgehead atoms. The molecule has 0 atom stereocenters. The number of carbonyl (C=O) groups is 2. The van der Waals surface area contributed by atoms with Gasteiger partial charge in [-0.1, -0.05) is 0 Å². The van der Waals surface area contributed by atoms with E-state index < -0.39 is 5.97 Å². The lowest BCUT2D eigenvalue weighted by atomic mass is 10.4. The second kappa shape index (κ2) is 4.49. The van der Waals surface area contributed by atoms with Gasteiger partial charge in [-0.3, -0.25) is 4.79 Å². The van der Waals surface area contributed by atoms with Crippen molar-refractivity contribution in [1.29, 1.82) is 0 Å². The Morgan fingerprint density at radius 3 is 2.36 bits per heavy atom. The molecule has 0 unspecified atom stereocenters. The maximum absolute atomic E-state index is 10.9. The number of nitrogens with zero attached hydrogens (tertiary/aromatic N) is 1. The first-order valence-corrected chi connectivity index (χ1v) is 3.24. The van der Waals surface area contributed by atoms with E-state index in [0.717, 1.165) is 12.2 Å². The third kappa shape index (κ3) is 4.13. The third-order valence-corrected chi connectivity index (χ3v) is 1.22. The van der Waals surface area contributed by atoms with Gasteiger partial charge in [0.05, 0.1) is 0 Å². The number of aliphatic carboxylic acids is 1. The maximum Gasteiger partial charge on any atom is 0.328 e. The van der Waals surface area contributed by atoms with Crippen LogP contribution in [0, 0.1) is 0 Å². The highest BCUT2D eigenvalue weighted by molar-refractivity contribution is 5.93. The number of rotatable bonds is 3. The van der Waals surface area contributed by atoms with E-state index in [9.17, 15) is 9.59 Å². The molecule has 0 aliphatic carbocycles. The molecule has 0 rings (SSSR count). The van der Waals surface area contributed by atoms with Gasteiger partial charge in [0.1, 0.15) is 0 Å². The van der Waals surface area contributed by atoms with E-state index >= 15 is 0 Å². The van der Waals surface area contributed by atoms with Crippen LogP contribution >= 0.6 is 0 Å². The van der Waals surface area contributed by atoms with Crippen LogP contribution < -0.4 is 0 Å². The predicted octanol–water partition coefficient (Wildman–Crippen LogP) is 0.106. The lowest BCUT2D eigenvalue weighted by molar-refractivity contribution is -0.132. The average molecular weight is 157 g/mol. The lowest BCUT2D eigenvalue weighted by Gasteiger charge is -2.10. The van der Waals surface area contributed by atoms with E-state index in [2.05, 4.69) is 0 Å². The van der Waals surface area contributed by atoms with Gasteiger partial charge in [0, 0.05) is 25.7 Å². The number of hydrogen-bond acceptors (Lipinski definition) is 2. The normalized spacial score (nSPS) is 10.0. The fourth-order valence-corrected chi connectivity index (χ4v) is 0.426. The number of hydrogen-bond donors (Lipinski definition) is 1. The van der Waals surface area contributed by atoms with Crippen molar-refractivity contribution in [2.75, 3.05) is 13.6 Å². The number of carboxylic acid groups (broad SMARTS) is 1. The Hall–Kier alpha value is -1.32. The summed E-state index contributed by atoms with van der Waals surface area (Å²) >= 11 is 0. The van der Waals surface area contributed by atoms with Crippen LogP contribution in [0.5, 0.6) is 0 Å². The van der Waals surface area contributed by atoms with Gasteiger partial charge in [0.15, 0.2) is 0 Å². The molecule has 1 amide bonds. The number of likely N-dealkylation sites (N-methyl/N-ethyl adjacent to an activating group) is 1. The number of amides is 1. The summed E-state index contributed by atoms with van der Waals surface area (Å²) in [5.41, 5.74) is 0. The van der Waals surface area contributed by atoms with Crippen molar-refractivity contribution in [3.8, 4) is 0 Å². The minimum absolute atomic E-state index is 0.296. The SMILES string of the molecule is CCN(C)C(=O)/C=C/C(=O)O. The molecule has 0 heterocycles. The minimum atomic E-state index is -1.11. The molecule has 0 aromatic heterocycles. The standard InChI is InChI=1S/C7H11NO3/c1-3-8(2)6(9)4-5-7(10)11/h4-5H,3H2,1-2H3,(H,10,11)/b5-4+. The van der Waals surface area contributed by atoms with Gasteiger partial charge in [0.25, 0.3) is 0 Å². The van der Waals surface area contributed by atoms with Crippen LogP contribution in [0.25, 0.3) is 0 Å². The molecule has 0 radical (unpaired) electrons. The number of carboxylic acids is 1. The molecule has 0 aliphatic rings. The summed E-state index contributed by atoms with van der Waals surface area (Å²) in [5.74, 6) is -1.40. The van der Waals surface area contributed by atoms with Gasteiger partial charge in [-0.25, -0.2) is 4.79 Å². The van der Waals surface area contributed by atoms with Crippen LogP contribution in [0.3, 0.4) is 0 Å². The van der Waals surface area contributed by atoms with E-state index in [0.29, 0.717) is 6.54 Å². The Labute approximate surface area is 65.1 Å². The second-order valence-corrected chi connectivity index (χ2v) is 2.02. The molecule has 4 heteroatoms. The summed E-state index contributed by atoms with van der Waals surface area (Å²) in [6.45, 7) is 2.38. The maximum atomic E-state index is 10.9. The fraction of sp³-hybridized carbons (Fsp3) is 0.429. The monoisotopic (exact) mass is 157 g/mol.